The lowest BCUT2D eigenvalue weighted by molar-refractivity contribution is 0.322. The van der Waals surface area contributed by atoms with E-state index in [-0.39, 0.29) is 0 Å². The molecular formula is C16H20Cl2N4O. The number of para-hydroxylation sites is 1. The van der Waals surface area contributed by atoms with Crippen LogP contribution in [0.2, 0.25) is 10.2 Å². The zero-order chi connectivity index (χ0) is 16.7. The van der Waals surface area contributed by atoms with Crippen molar-refractivity contribution in [3.05, 3.63) is 52.3 Å². The van der Waals surface area contributed by atoms with Gasteiger partial charge in [0.25, 0.3) is 0 Å². The molecule has 0 bridgehead atoms. The molecule has 23 heavy (non-hydrogen) atoms. The first-order valence-corrected chi connectivity index (χ1v) is 7.99. The summed E-state index contributed by atoms with van der Waals surface area (Å²) in [6.45, 7) is 1.76. The summed E-state index contributed by atoms with van der Waals surface area (Å²) in [5.74, 6) is 1.54. The summed E-state index contributed by atoms with van der Waals surface area (Å²) in [4.78, 5) is 4.17. The van der Waals surface area contributed by atoms with Crippen LogP contribution in [0.25, 0.3) is 0 Å². The Kier molecular flexibility index (Phi) is 6.62. The van der Waals surface area contributed by atoms with Crippen molar-refractivity contribution in [2.45, 2.75) is 6.54 Å². The van der Waals surface area contributed by atoms with E-state index in [4.69, 9.17) is 27.9 Å². The minimum absolute atomic E-state index is 0.530. The highest BCUT2D eigenvalue weighted by Gasteiger charge is 2.09. The van der Waals surface area contributed by atoms with E-state index in [1.807, 2.05) is 48.0 Å². The first-order chi connectivity index (χ1) is 11.1. The molecule has 0 aliphatic rings. The highest BCUT2D eigenvalue weighted by atomic mass is 35.5. The molecule has 7 heteroatoms. The van der Waals surface area contributed by atoms with E-state index < -0.39 is 0 Å². The molecule has 1 heterocycles. The molecule has 5 nitrogen and oxygen atoms in total. The topological polar surface area (TPSA) is 50.6 Å². The Bertz CT molecular complexity index is 656. The van der Waals surface area contributed by atoms with Gasteiger partial charge in [0.15, 0.2) is 5.96 Å². The highest BCUT2D eigenvalue weighted by Crippen LogP contribution is 2.24. The van der Waals surface area contributed by atoms with Gasteiger partial charge in [-0.15, -0.1) is 0 Å². The molecular weight excluding hydrogens is 335 g/mol. The van der Waals surface area contributed by atoms with Gasteiger partial charge in [-0.2, -0.15) is 0 Å². The quantitative estimate of drug-likeness (QED) is 0.476. The fourth-order valence-corrected chi connectivity index (χ4v) is 2.42. The number of aliphatic imine (C=N–C) groups is 1. The second-order valence-corrected chi connectivity index (χ2v) is 5.61. The molecule has 0 unspecified atom stereocenters. The van der Waals surface area contributed by atoms with Gasteiger partial charge < -0.3 is 19.9 Å². The van der Waals surface area contributed by atoms with Gasteiger partial charge in [0.2, 0.25) is 0 Å². The Morgan fingerprint density at radius 3 is 2.57 bits per heavy atom. The normalized spacial score (nSPS) is 11.4. The number of benzene rings is 1. The van der Waals surface area contributed by atoms with Crippen LogP contribution in [-0.4, -0.2) is 30.7 Å². The van der Waals surface area contributed by atoms with Crippen LogP contribution in [0.4, 0.5) is 0 Å². The number of hydrogen-bond donors (Lipinski definition) is 2. The Morgan fingerprint density at radius 2 is 1.96 bits per heavy atom. The van der Waals surface area contributed by atoms with Crippen LogP contribution >= 0.6 is 23.2 Å². The molecule has 2 N–H and O–H groups in total. The van der Waals surface area contributed by atoms with Crippen LogP contribution in [0.5, 0.6) is 5.75 Å². The van der Waals surface area contributed by atoms with E-state index >= 15 is 0 Å². The van der Waals surface area contributed by atoms with Gasteiger partial charge in [-0.1, -0.05) is 41.4 Å². The summed E-state index contributed by atoms with van der Waals surface area (Å²) >= 11 is 12.1. The van der Waals surface area contributed by atoms with Crippen LogP contribution < -0.4 is 15.4 Å². The minimum atomic E-state index is 0.530. The second kappa shape index (κ2) is 8.70. The van der Waals surface area contributed by atoms with Gasteiger partial charge in [0, 0.05) is 19.8 Å². The third-order valence-electron chi connectivity index (χ3n) is 3.28. The van der Waals surface area contributed by atoms with Crippen molar-refractivity contribution >= 4 is 29.2 Å². The molecule has 0 saturated heterocycles. The molecule has 1 aromatic carbocycles. The number of halogens is 2. The van der Waals surface area contributed by atoms with Gasteiger partial charge >= 0.3 is 0 Å². The van der Waals surface area contributed by atoms with Crippen molar-refractivity contribution in [3.8, 4) is 5.75 Å². The third kappa shape index (κ3) is 5.08. The fraction of sp³-hybridized carbons (Fsp3) is 0.312. The molecule has 0 fully saturated rings. The number of ether oxygens (including phenoxy) is 1. The zero-order valence-corrected chi connectivity index (χ0v) is 14.7. The minimum Gasteiger partial charge on any atom is -0.492 e. The monoisotopic (exact) mass is 354 g/mol. The second-order valence-electron chi connectivity index (χ2n) is 4.85. The maximum absolute atomic E-state index is 6.05. The smallest absolute Gasteiger partial charge is 0.191 e. The Morgan fingerprint density at radius 1 is 1.22 bits per heavy atom. The van der Waals surface area contributed by atoms with Gasteiger partial charge in [-0.3, -0.25) is 4.99 Å². The van der Waals surface area contributed by atoms with Crippen LogP contribution in [0, 0.1) is 0 Å². The number of nitrogens with one attached hydrogen (secondary N) is 2. The van der Waals surface area contributed by atoms with Gasteiger partial charge in [0.1, 0.15) is 17.5 Å². The predicted molar refractivity (Wildman–Crippen MR) is 95.6 cm³/mol. The SMILES string of the molecule is CN=C(NCCOc1ccccc1)NCc1cc(Cl)c(Cl)n1C. The predicted octanol–water partition coefficient (Wildman–Crippen LogP) is 3.08. The van der Waals surface area contributed by atoms with Gasteiger partial charge in [-0.25, -0.2) is 0 Å². The first kappa shape index (κ1) is 17.5. The summed E-state index contributed by atoms with van der Waals surface area (Å²) in [5.41, 5.74) is 0.975. The molecule has 2 aromatic rings. The molecule has 2 rings (SSSR count). The maximum Gasteiger partial charge on any atom is 0.191 e. The molecule has 0 saturated carbocycles. The molecule has 0 aliphatic carbocycles. The Hall–Kier alpha value is -1.85. The molecule has 0 amide bonds. The first-order valence-electron chi connectivity index (χ1n) is 7.23. The molecule has 0 aliphatic heterocycles. The fourth-order valence-electron chi connectivity index (χ4n) is 2.01. The van der Waals surface area contributed by atoms with Crippen molar-refractivity contribution < 1.29 is 4.74 Å². The van der Waals surface area contributed by atoms with E-state index in [9.17, 15) is 0 Å². The average Bonchev–Trinajstić information content (AvgIpc) is 2.82. The highest BCUT2D eigenvalue weighted by molar-refractivity contribution is 6.41. The van der Waals surface area contributed by atoms with Crippen LogP contribution in [0.15, 0.2) is 41.4 Å². The van der Waals surface area contributed by atoms with E-state index in [2.05, 4.69) is 15.6 Å². The zero-order valence-electron chi connectivity index (χ0n) is 13.1. The van der Waals surface area contributed by atoms with E-state index in [1.165, 1.54) is 0 Å². The molecule has 1 aromatic heterocycles. The van der Waals surface area contributed by atoms with Crippen molar-refractivity contribution in [2.24, 2.45) is 12.0 Å². The van der Waals surface area contributed by atoms with Crippen molar-refractivity contribution in [1.29, 1.82) is 0 Å². The van der Waals surface area contributed by atoms with E-state index in [1.54, 1.807) is 7.05 Å². The molecule has 0 spiro atoms. The van der Waals surface area contributed by atoms with Gasteiger partial charge in [-0.05, 0) is 18.2 Å². The summed E-state index contributed by atoms with van der Waals surface area (Å²) < 4.78 is 7.45. The Balaban J connectivity index is 1.74. The lowest BCUT2D eigenvalue weighted by Crippen LogP contribution is -2.39. The Labute approximate surface area is 146 Å². The van der Waals surface area contributed by atoms with Crippen LogP contribution in [0.1, 0.15) is 5.69 Å². The summed E-state index contributed by atoms with van der Waals surface area (Å²) in [5, 5.41) is 7.48. The lowest BCUT2D eigenvalue weighted by Gasteiger charge is -2.13. The molecule has 0 atom stereocenters. The standard InChI is InChI=1S/C16H20Cl2N4O/c1-19-16(20-8-9-23-13-6-4-3-5-7-13)21-11-12-10-14(17)15(18)22(12)2/h3-7,10H,8-9,11H2,1-2H3,(H2,19,20,21). The number of aromatic nitrogens is 1. The summed E-state index contributed by atoms with van der Waals surface area (Å²) in [6.07, 6.45) is 0. The third-order valence-corrected chi connectivity index (χ3v) is 4.12. The number of nitrogens with zero attached hydrogens (tertiary/aromatic N) is 2. The number of guanidine groups is 1. The van der Waals surface area contributed by atoms with E-state index in [0.29, 0.717) is 35.8 Å². The van der Waals surface area contributed by atoms with Crippen LogP contribution in [-0.2, 0) is 13.6 Å². The van der Waals surface area contributed by atoms with Crippen molar-refractivity contribution in [3.63, 3.8) is 0 Å². The maximum atomic E-state index is 6.05. The summed E-state index contributed by atoms with van der Waals surface area (Å²) in [6, 6.07) is 11.5. The summed E-state index contributed by atoms with van der Waals surface area (Å²) in [7, 11) is 3.59. The lowest BCUT2D eigenvalue weighted by atomic mass is 10.3. The average molecular weight is 355 g/mol. The number of hydrogen-bond acceptors (Lipinski definition) is 2. The van der Waals surface area contributed by atoms with Crippen molar-refractivity contribution in [1.82, 2.24) is 15.2 Å². The largest absolute Gasteiger partial charge is 0.492 e. The van der Waals surface area contributed by atoms with Crippen molar-refractivity contribution in [2.75, 3.05) is 20.2 Å². The van der Waals surface area contributed by atoms with E-state index in [0.717, 1.165) is 11.4 Å². The van der Waals surface area contributed by atoms with Gasteiger partial charge in [0.05, 0.1) is 18.1 Å². The molecule has 0 radical (unpaired) electrons. The van der Waals surface area contributed by atoms with Crippen LogP contribution in [0.3, 0.4) is 0 Å². The number of rotatable bonds is 6. The molecule has 124 valence electrons.